The van der Waals surface area contributed by atoms with E-state index >= 15 is 0 Å². The Labute approximate surface area is 344 Å². The van der Waals surface area contributed by atoms with Crippen LogP contribution >= 0.6 is 0 Å². The minimum absolute atomic E-state index is 0.119. The first-order chi connectivity index (χ1) is 28.6. The Kier molecular flexibility index (Phi) is 6.87. The summed E-state index contributed by atoms with van der Waals surface area (Å²) in [6, 6.07) is 50.1. The third kappa shape index (κ3) is 4.47. The number of aryl methyl sites for hydroxylation is 2. The van der Waals surface area contributed by atoms with Crippen molar-refractivity contribution in [1.29, 1.82) is 0 Å². The normalized spacial score (nSPS) is 15.5. The smallest absolute Gasteiger partial charge is 0.422 e. The van der Waals surface area contributed by atoms with Gasteiger partial charge in [-0.05, 0) is 89.4 Å². The second-order valence-electron chi connectivity index (χ2n) is 17.6. The fourth-order valence-electron chi connectivity index (χ4n) is 10.5. The highest BCUT2D eigenvalue weighted by atomic mass is 16.5. The van der Waals surface area contributed by atoms with Gasteiger partial charge in [-0.3, -0.25) is 4.40 Å². The lowest BCUT2D eigenvalue weighted by Crippen LogP contribution is -2.56. The number of imidazole rings is 1. The molecule has 0 fully saturated rings. The van der Waals surface area contributed by atoms with E-state index in [4.69, 9.17) is 14.7 Å². The molecular weight excluding hydrogens is 721 g/mol. The number of ether oxygens (including phenoxy) is 1. The number of hydrogen-bond donors (Lipinski definition) is 0. The summed E-state index contributed by atoms with van der Waals surface area (Å²) in [6.45, 7) is 13.8. The number of anilines is 4. The van der Waals surface area contributed by atoms with Crippen LogP contribution in [-0.2, 0) is 10.8 Å². The van der Waals surface area contributed by atoms with E-state index in [1.54, 1.807) is 0 Å². The van der Waals surface area contributed by atoms with Crippen LogP contribution in [0, 0.1) is 13.8 Å². The summed E-state index contributed by atoms with van der Waals surface area (Å²) in [4.78, 5) is 15.5. The highest BCUT2D eigenvalue weighted by Gasteiger charge is 2.50. The molecule has 3 aromatic heterocycles. The van der Waals surface area contributed by atoms with Crippen LogP contribution in [0.4, 0.5) is 22.9 Å². The van der Waals surface area contributed by atoms with Crippen molar-refractivity contribution in [1.82, 2.24) is 14.4 Å². The Morgan fingerprint density at radius 1 is 0.593 bits per heavy atom. The van der Waals surface area contributed by atoms with Gasteiger partial charge < -0.3 is 14.4 Å². The van der Waals surface area contributed by atoms with E-state index in [0.29, 0.717) is 0 Å². The second kappa shape index (κ2) is 11.9. The van der Waals surface area contributed by atoms with Gasteiger partial charge in [0, 0.05) is 50.7 Å². The lowest BCUT2D eigenvalue weighted by Gasteiger charge is -2.46. The van der Waals surface area contributed by atoms with Crippen LogP contribution in [0.3, 0.4) is 0 Å². The first-order valence-electron chi connectivity index (χ1n) is 20.6. The zero-order chi connectivity index (χ0) is 39.9. The number of rotatable bonds is 4. The first kappa shape index (κ1) is 34.2. The van der Waals surface area contributed by atoms with E-state index in [1.165, 1.54) is 55.4 Å². The molecule has 0 saturated heterocycles. The number of aromatic nitrogens is 3. The SMILES string of the molecule is Cc1cccc(C)c1N1B2c3ccccc3-c3cccnc3N2c2cc(Oc3ccc4c(c3)c3nc(-c5ccccc5)c5n3c3c(cccc43)C(C)(C)C5(C)C)ccc21. The van der Waals surface area contributed by atoms with Crippen molar-refractivity contribution in [2.45, 2.75) is 52.4 Å². The molecule has 6 nitrogen and oxygen atoms in total. The van der Waals surface area contributed by atoms with Gasteiger partial charge in [-0.2, -0.15) is 0 Å². The number of para-hydroxylation sites is 2. The van der Waals surface area contributed by atoms with Gasteiger partial charge >= 0.3 is 6.98 Å². The molecule has 9 aromatic rings. The predicted molar refractivity (Wildman–Crippen MR) is 243 cm³/mol. The van der Waals surface area contributed by atoms with Crippen LogP contribution in [0.15, 0.2) is 146 Å². The quantitative estimate of drug-likeness (QED) is 0.132. The van der Waals surface area contributed by atoms with Crippen LogP contribution in [0.25, 0.3) is 49.7 Å². The van der Waals surface area contributed by atoms with Crippen molar-refractivity contribution in [3.05, 3.63) is 168 Å². The van der Waals surface area contributed by atoms with Crippen LogP contribution < -0.4 is 19.8 Å². The molecule has 12 rings (SSSR count). The van der Waals surface area contributed by atoms with Gasteiger partial charge in [0.2, 0.25) is 0 Å². The molecular formula is C52H42BN5O. The van der Waals surface area contributed by atoms with Crippen LogP contribution in [-0.4, -0.2) is 21.4 Å². The van der Waals surface area contributed by atoms with Crippen LogP contribution in [0.2, 0.25) is 0 Å². The van der Waals surface area contributed by atoms with Crippen LogP contribution in [0.5, 0.6) is 11.5 Å². The molecule has 6 heterocycles. The molecule has 3 aliphatic heterocycles. The van der Waals surface area contributed by atoms with E-state index in [0.717, 1.165) is 56.5 Å². The number of hydrogen-bond acceptors (Lipinski definition) is 5. The monoisotopic (exact) mass is 763 g/mol. The molecule has 3 aliphatic rings. The predicted octanol–water partition coefficient (Wildman–Crippen LogP) is 12.3. The highest BCUT2D eigenvalue weighted by Crippen LogP contribution is 2.55. The summed E-state index contributed by atoms with van der Waals surface area (Å²) in [6.07, 6.45) is 1.90. The molecule has 7 heteroatoms. The minimum atomic E-state index is -0.212. The number of benzene rings is 6. The lowest BCUT2D eigenvalue weighted by molar-refractivity contribution is 0.289. The molecule has 0 saturated carbocycles. The maximum Gasteiger partial charge on any atom is 0.422 e. The van der Waals surface area contributed by atoms with Crippen molar-refractivity contribution in [3.8, 4) is 33.9 Å². The van der Waals surface area contributed by atoms with Gasteiger partial charge in [0.1, 0.15) is 23.0 Å². The molecule has 6 aromatic carbocycles. The molecule has 0 spiro atoms. The molecule has 0 bridgehead atoms. The Hall–Kier alpha value is -6.86. The Bertz CT molecular complexity index is 3240. The average Bonchev–Trinajstić information content (AvgIpc) is 3.82. The van der Waals surface area contributed by atoms with Crippen molar-refractivity contribution in [2.75, 3.05) is 9.62 Å². The summed E-state index contributed by atoms with van der Waals surface area (Å²) in [5.74, 6) is 2.47. The summed E-state index contributed by atoms with van der Waals surface area (Å²) < 4.78 is 9.39. The number of pyridine rings is 2. The van der Waals surface area contributed by atoms with Gasteiger partial charge in [0.15, 0.2) is 0 Å². The summed E-state index contributed by atoms with van der Waals surface area (Å²) >= 11 is 0. The van der Waals surface area contributed by atoms with Crippen molar-refractivity contribution in [3.63, 3.8) is 0 Å². The van der Waals surface area contributed by atoms with Gasteiger partial charge in [-0.15, -0.1) is 0 Å². The zero-order valence-corrected chi connectivity index (χ0v) is 34.1. The van der Waals surface area contributed by atoms with E-state index < -0.39 is 0 Å². The Morgan fingerprint density at radius 2 is 1.32 bits per heavy atom. The third-order valence-corrected chi connectivity index (χ3v) is 13.9. The second-order valence-corrected chi connectivity index (χ2v) is 17.6. The van der Waals surface area contributed by atoms with Crippen molar-refractivity contribution in [2.24, 2.45) is 0 Å². The third-order valence-electron chi connectivity index (χ3n) is 13.9. The maximum absolute atomic E-state index is 6.93. The van der Waals surface area contributed by atoms with Gasteiger partial charge in [-0.1, -0.05) is 119 Å². The molecule has 0 unspecified atom stereocenters. The largest absolute Gasteiger partial charge is 0.457 e. The summed E-state index contributed by atoms with van der Waals surface area (Å²) in [7, 11) is 0. The van der Waals surface area contributed by atoms with Gasteiger partial charge in [0.05, 0.1) is 28.3 Å². The number of fused-ring (bicyclic) bond motifs is 11. The highest BCUT2D eigenvalue weighted by molar-refractivity contribution is 6.86. The molecule has 0 aliphatic carbocycles. The number of nitrogens with zero attached hydrogens (tertiary/aromatic N) is 5. The fraction of sp³-hybridized carbons (Fsp3) is 0.154. The van der Waals surface area contributed by atoms with E-state index in [-0.39, 0.29) is 17.8 Å². The summed E-state index contributed by atoms with van der Waals surface area (Å²) in [5.41, 5.74) is 16.1. The van der Waals surface area contributed by atoms with Crippen molar-refractivity contribution < 1.29 is 4.74 Å². The van der Waals surface area contributed by atoms with E-state index in [9.17, 15) is 0 Å². The Morgan fingerprint density at radius 3 is 2.15 bits per heavy atom. The average molecular weight is 764 g/mol. The molecule has 0 N–H and O–H groups in total. The minimum Gasteiger partial charge on any atom is -0.457 e. The lowest BCUT2D eigenvalue weighted by atomic mass is 9.59. The standard InChI is InChI=1S/C52H42BN5O/c1-31-15-12-16-32(2)46(31)57-43-27-25-35(30-44(43)58-49-39(21-14-28-54-49)37-19-10-11-23-42(37)53(57)58)59-34-24-26-36-38-20-13-22-41-47(38)56-48(52(5,6)51(41,3)4)45(33-17-8-7-9-18-33)55-50(56)40(36)29-34/h7-30H,1-6H3. The van der Waals surface area contributed by atoms with Gasteiger partial charge in [0.25, 0.3) is 0 Å². The van der Waals surface area contributed by atoms with Gasteiger partial charge in [-0.25, -0.2) is 9.97 Å². The molecule has 0 amide bonds. The summed E-state index contributed by atoms with van der Waals surface area (Å²) in [5, 5.41) is 3.47. The molecule has 0 atom stereocenters. The zero-order valence-electron chi connectivity index (χ0n) is 34.1. The molecule has 0 radical (unpaired) electrons. The molecule has 59 heavy (non-hydrogen) atoms. The first-order valence-corrected chi connectivity index (χ1v) is 20.6. The Balaban J connectivity index is 1.05. The van der Waals surface area contributed by atoms with Crippen LogP contribution in [0.1, 0.15) is 50.1 Å². The topological polar surface area (TPSA) is 45.9 Å². The van der Waals surface area contributed by atoms with E-state index in [1.807, 2.05) is 12.3 Å². The molecule has 284 valence electrons. The maximum atomic E-state index is 6.93. The van der Waals surface area contributed by atoms with E-state index in [2.05, 4.69) is 189 Å². The fourth-order valence-corrected chi connectivity index (χ4v) is 10.5. The van der Waals surface area contributed by atoms with Crippen molar-refractivity contribution >= 4 is 62.6 Å².